The molecule has 0 spiro atoms. The van der Waals surface area contributed by atoms with Gasteiger partial charge in [-0.05, 0) is 44.4 Å². The van der Waals surface area contributed by atoms with E-state index < -0.39 is 0 Å². The van der Waals surface area contributed by atoms with E-state index in [0.29, 0.717) is 5.82 Å². The molecule has 0 radical (unpaired) electrons. The number of carbonyl (C=O) groups excluding carboxylic acids is 1. The third-order valence-corrected chi connectivity index (χ3v) is 2.84. The van der Waals surface area contributed by atoms with E-state index in [1.54, 1.807) is 0 Å². The van der Waals surface area contributed by atoms with Crippen LogP contribution in [0.3, 0.4) is 0 Å². The zero-order valence-corrected chi connectivity index (χ0v) is 11.3. The number of urea groups is 1. The minimum Gasteiger partial charge on any atom is -0.396 e. The molecule has 0 aromatic carbocycles. The predicted molar refractivity (Wildman–Crippen MR) is 71.6 cm³/mol. The molecular formula is C13H21N3O2. The molecule has 3 N–H and O–H groups in total. The molecule has 1 heterocycles. The number of rotatable bonds is 4. The van der Waals surface area contributed by atoms with Gasteiger partial charge in [0.05, 0.1) is 0 Å². The van der Waals surface area contributed by atoms with Crippen LogP contribution < -0.4 is 10.6 Å². The van der Waals surface area contributed by atoms with Crippen molar-refractivity contribution in [3.8, 4) is 0 Å². The molecule has 2 atom stereocenters. The summed E-state index contributed by atoms with van der Waals surface area (Å²) < 4.78 is 0. The van der Waals surface area contributed by atoms with E-state index in [4.69, 9.17) is 5.11 Å². The molecular weight excluding hydrogens is 230 g/mol. The van der Waals surface area contributed by atoms with Gasteiger partial charge in [0.2, 0.25) is 0 Å². The maximum absolute atomic E-state index is 11.7. The summed E-state index contributed by atoms with van der Waals surface area (Å²) in [6, 6.07) is 3.35. The fourth-order valence-electron chi connectivity index (χ4n) is 1.56. The fourth-order valence-corrected chi connectivity index (χ4v) is 1.56. The molecule has 0 saturated carbocycles. The summed E-state index contributed by atoms with van der Waals surface area (Å²) in [5.74, 6) is 0.553. The molecule has 0 aliphatic carbocycles. The maximum atomic E-state index is 11.7. The zero-order valence-electron chi connectivity index (χ0n) is 11.3. The van der Waals surface area contributed by atoms with Crippen molar-refractivity contribution in [3.05, 3.63) is 23.4 Å². The average molecular weight is 251 g/mol. The van der Waals surface area contributed by atoms with Crippen molar-refractivity contribution in [1.82, 2.24) is 10.3 Å². The highest BCUT2D eigenvalue weighted by Crippen LogP contribution is 2.09. The minimum atomic E-state index is -0.305. The molecule has 5 heteroatoms. The van der Waals surface area contributed by atoms with Gasteiger partial charge in [-0.1, -0.05) is 6.92 Å². The van der Waals surface area contributed by atoms with Crippen molar-refractivity contribution in [1.29, 1.82) is 0 Å². The second-order valence-corrected chi connectivity index (χ2v) is 4.72. The monoisotopic (exact) mass is 251 g/mol. The molecule has 18 heavy (non-hydrogen) atoms. The molecule has 0 aliphatic heterocycles. The van der Waals surface area contributed by atoms with Crippen LogP contribution in [0.1, 0.15) is 25.1 Å². The normalized spacial score (nSPS) is 13.8. The number of nitrogens with one attached hydrogen (secondary N) is 2. The summed E-state index contributed by atoms with van der Waals surface area (Å²) in [6.07, 6.45) is 0. The van der Waals surface area contributed by atoms with Crippen LogP contribution in [0, 0.1) is 19.8 Å². The number of aliphatic hydroxyl groups excluding tert-OH is 1. The highest BCUT2D eigenvalue weighted by atomic mass is 16.3. The first kappa shape index (κ1) is 14.4. The number of aliphatic hydroxyl groups is 1. The van der Waals surface area contributed by atoms with Crippen LogP contribution >= 0.6 is 0 Å². The van der Waals surface area contributed by atoms with Crippen LogP contribution in [0.2, 0.25) is 0 Å². The second kappa shape index (κ2) is 6.35. The van der Waals surface area contributed by atoms with E-state index in [2.05, 4.69) is 15.6 Å². The van der Waals surface area contributed by atoms with Gasteiger partial charge in [0.1, 0.15) is 5.82 Å². The van der Waals surface area contributed by atoms with Gasteiger partial charge in [-0.25, -0.2) is 9.78 Å². The topological polar surface area (TPSA) is 74.2 Å². The second-order valence-electron chi connectivity index (χ2n) is 4.72. The van der Waals surface area contributed by atoms with E-state index in [1.165, 1.54) is 0 Å². The molecule has 0 bridgehead atoms. The number of carbonyl (C=O) groups is 1. The first-order valence-electron chi connectivity index (χ1n) is 6.06. The van der Waals surface area contributed by atoms with Crippen LogP contribution in [0.4, 0.5) is 10.6 Å². The van der Waals surface area contributed by atoms with E-state index in [1.807, 2.05) is 39.8 Å². The Morgan fingerprint density at radius 3 is 2.61 bits per heavy atom. The number of hydrogen-bond acceptors (Lipinski definition) is 3. The van der Waals surface area contributed by atoms with Crippen LogP contribution in [-0.4, -0.2) is 28.8 Å². The van der Waals surface area contributed by atoms with Crippen molar-refractivity contribution in [3.63, 3.8) is 0 Å². The van der Waals surface area contributed by atoms with Gasteiger partial charge in [-0.3, -0.25) is 5.32 Å². The van der Waals surface area contributed by atoms with E-state index in [-0.39, 0.29) is 24.6 Å². The smallest absolute Gasteiger partial charge is 0.320 e. The molecule has 0 unspecified atom stereocenters. The molecule has 100 valence electrons. The average Bonchev–Trinajstić information content (AvgIpc) is 2.25. The minimum absolute atomic E-state index is 0.0166. The van der Waals surface area contributed by atoms with E-state index >= 15 is 0 Å². The lowest BCUT2D eigenvalue weighted by atomic mass is 10.1. The Morgan fingerprint density at radius 1 is 1.39 bits per heavy atom. The van der Waals surface area contributed by atoms with Gasteiger partial charge in [-0.15, -0.1) is 0 Å². The molecule has 1 aromatic heterocycles. The first-order valence-corrected chi connectivity index (χ1v) is 6.06. The predicted octanol–water partition coefficient (Wildman–Crippen LogP) is 1.84. The molecule has 0 aliphatic rings. The van der Waals surface area contributed by atoms with Gasteiger partial charge in [0.25, 0.3) is 0 Å². The molecule has 0 saturated heterocycles. The van der Waals surface area contributed by atoms with Crippen molar-refractivity contribution < 1.29 is 9.90 Å². The Bertz CT molecular complexity index is 400. The molecule has 0 fully saturated rings. The number of aryl methyl sites for hydroxylation is 2. The highest BCUT2D eigenvalue weighted by Gasteiger charge is 2.14. The van der Waals surface area contributed by atoms with Gasteiger partial charge in [-0.2, -0.15) is 0 Å². The lowest BCUT2D eigenvalue weighted by molar-refractivity contribution is 0.204. The number of anilines is 1. The molecule has 1 aromatic rings. The number of aromatic nitrogens is 1. The first-order chi connectivity index (χ1) is 8.42. The highest BCUT2D eigenvalue weighted by molar-refractivity contribution is 5.88. The number of pyridine rings is 1. The van der Waals surface area contributed by atoms with E-state index in [9.17, 15) is 4.79 Å². The molecule has 2 amide bonds. The molecule has 5 nitrogen and oxygen atoms in total. The van der Waals surface area contributed by atoms with Crippen molar-refractivity contribution >= 4 is 11.8 Å². The molecule has 1 rings (SSSR count). The zero-order chi connectivity index (χ0) is 13.7. The van der Waals surface area contributed by atoms with E-state index in [0.717, 1.165) is 11.3 Å². The quantitative estimate of drug-likeness (QED) is 0.764. The lowest BCUT2D eigenvalue weighted by Gasteiger charge is -2.19. The summed E-state index contributed by atoms with van der Waals surface area (Å²) in [6.45, 7) is 7.61. The third-order valence-electron chi connectivity index (χ3n) is 2.84. The number of amides is 2. The van der Waals surface area contributed by atoms with Crippen LogP contribution in [0.5, 0.6) is 0 Å². The Morgan fingerprint density at radius 2 is 2.06 bits per heavy atom. The summed E-state index contributed by atoms with van der Waals surface area (Å²) in [5.41, 5.74) is 1.91. The van der Waals surface area contributed by atoms with Crippen LogP contribution in [0.15, 0.2) is 12.1 Å². The Kier molecular flexibility index (Phi) is 5.09. The Labute approximate surface area is 108 Å². The van der Waals surface area contributed by atoms with Gasteiger partial charge in [0, 0.05) is 18.3 Å². The van der Waals surface area contributed by atoms with Crippen LogP contribution in [-0.2, 0) is 0 Å². The Balaban J connectivity index is 2.59. The summed E-state index contributed by atoms with van der Waals surface area (Å²) >= 11 is 0. The van der Waals surface area contributed by atoms with Gasteiger partial charge < -0.3 is 10.4 Å². The largest absolute Gasteiger partial charge is 0.396 e. The summed E-state index contributed by atoms with van der Waals surface area (Å²) in [7, 11) is 0. The fraction of sp³-hybridized carbons (Fsp3) is 0.538. The van der Waals surface area contributed by atoms with Gasteiger partial charge in [0.15, 0.2) is 0 Å². The number of hydrogen-bond donors (Lipinski definition) is 3. The van der Waals surface area contributed by atoms with Crippen molar-refractivity contribution in [2.45, 2.75) is 33.7 Å². The summed E-state index contributed by atoms with van der Waals surface area (Å²) in [4.78, 5) is 15.9. The maximum Gasteiger partial charge on any atom is 0.320 e. The number of nitrogens with zero attached hydrogens (tertiary/aromatic N) is 1. The Hall–Kier alpha value is -1.62. The lowest BCUT2D eigenvalue weighted by Crippen LogP contribution is -2.41. The standard InChI is InChI=1S/C13H21N3O2/c1-8-5-10(3)14-12(6-8)16-13(18)15-11(4)9(2)7-17/h5-6,9,11,17H,7H2,1-4H3,(H2,14,15,16,18)/t9-,11-/m1/s1. The summed E-state index contributed by atoms with van der Waals surface area (Å²) in [5, 5.41) is 14.5. The third kappa shape index (κ3) is 4.33. The van der Waals surface area contributed by atoms with Crippen LogP contribution in [0.25, 0.3) is 0 Å². The van der Waals surface area contributed by atoms with Gasteiger partial charge >= 0.3 is 6.03 Å². The van der Waals surface area contributed by atoms with Crippen molar-refractivity contribution in [2.24, 2.45) is 5.92 Å². The van der Waals surface area contributed by atoms with Crippen molar-refractivity contribution in [2.75, 3.05) is 11.9 Å². The SMILES string of the molecule is Cc1cc(C)nc(NC(=O)N[C@H](C)[C@H](C)CO)c1.